The Morgan fingerprint density at radius 2 is 1.68 bits per heavy atom. The molecule has 0 bridgehead atoms. The van der Waals surface area contributed by atoms with E-state index >= 15 is 0 Å². The van der Waals surface area contributed by atoms with Crippen LogP contribution >= 0.6 is 0 Å². The van der Waals surface area contributed by atoms with Gasteiger partial charge < -0.3 is 25.6 Å². The summed E-state index contributed by atoms with van der Waals surface area (Å²) >= 11 is 0. The first-order chi connectivity index (χ1) is 18.0. The fourth-order valence-corrected chi connectivity index (χ4v) is 4.07. The van der Waals surface area contributed by atoms with E-state index in [1.165, 1.54) is 5.56 Å². The van der Waals surface area contributed by atoms with Gasteiger partial charge in [0.25, 0.3) is 0 Å². The Balaban J connectivity index is 1.30. The molecule has 4 aromatic rings. The zero-order chi connectivity index (χ0) is 26.0. The van der Waals surface area contributed by atoms with Crippen LogP contribution in [0.1, 0.15) is 17.5 Å². The molecule has 2 amide bonds. The van der Waals surface area contributed by atoms with Crippen molar-refractivity contribution in [2.75, 3.05) is 49.7 Å². The first-order valence-electron chi connectivity index (χ1n) is 12.6. The number of carbonyl (C=O) groups excluding carboxylic acids is 1. The zero-order valence-electron chi connectivity index (χ0n) is 21.8. The lowest BCUT2D eigenvalue weighted by molar-refractivity contribution is 0.262. The lowest BCUT2D eigenvalue weighted by atomic mass is 10.1. The molecule has 3 aromatic carbocycles. The number of aryl methyl sites for hydroxylation is 1. The number of carbonyl (C=O) groups is 1. The lowest BCUT2D eigenvalue weighted by Gasteiger charge is -2.14. The summed E-state index contributed by atoms with van der Waals surface area (Å²) in [5.74, 6) is 0.847. The molecule has 1 heterocycles. The van der Waals surface area contributed by atoms with E-state index in [1.54, 1.807) is 0 Å². The van der Waals surface area contributed by atoms with E-state index < -0.39 is 0 Å². The van der Waals surface area contributed by atoms with Gasteiger partial charge in [-0.2, -0.15) is 0 Å². The maximum absolute atomic E-state index is 12.2. The molecule has 1 aromatic heterocycles. The number of aromatic nitrogens is 1. The minimum absolute atomic E-state index is 0.261. The van der Waals surface area contributed by atoms with Crippen LogP contribution < -0.4 is 20.7 Å². The van der Waals surface area contributed by atoms with Gasteiger partial charge in [0.1, 0.15) is 5.75 Å². The van der Waals surface area contributed by atoms with E-state index in [9.17, 15) is 4.79 Å². The van der Waals surface area contributed by atoms with E-state index in [2.05, 4.69) is 52.9 Å². The van der Waals surface area contributed by atoms with Crippen LogP contribution in [0, 0.1) is 6.92 Å². The minimum Gasteiger partial charge on any atom is -0.493 e. The topological polar surface area (TPSA) is 78.5 Å². The molecular weight excluding hydrogens is 462 g/mol. The molecule has 7 heteroatoms. The third-order valence-corrected chi connectivity index (χ3v) is 6.01. The van der Waals surface area contributed by atoms with Crippen LogP contribution in [0.5, 0.6) is 5.75 Å². The van der Waals surface area contributed by atoms with Crippen molar-refractivity contribution in [2.45, 2.75) is 19.8 Å². The number of hydrogen-bond donors (Lipinski definition) is 3. The number of rotatable bonds is 11. The van der Waals surface area contributed by atoms with Crippen molar-refractivity contribution < 1.29 is 9.53 Å². The van der Waals surface area contributed by atoms with Crippen molar-refractivity contribution >= 4 is 34.0 Å². The number of hydrogen-bond acceptors (Lipinski definition) is 5. The molecule has 0 aliphatic heterocycles. The summed E-state index contributed by atoms with van der Waals surface area (Å²) in [6.45, 7) is 4.54. The van der Waals surface area contributed by atoms with Gasteiger partial charge in [0.15, 0.2) is 0 Å². The number of benzene rings is 3. The van der Waals surface area contributed by atoms with Crippen molar-refractivity contribution in [3.63, 3.8) is 0 Å². The Labute approximate surface area is 218 Å². The fourth-order valence-electron chi connectivity index (χ4n) is 4.07. The standard InChI is InChI=1S/C30H35N5O2/c1-22-21-32-28-20-26(37-19-7-18-35(2)3)14-15-27(28)29(22)31-17-16-23-10-12-25(13-11-23)34-30(36)33-24-8-5-4-6-9-24/h4-6,8-15,20-21H,7,16-19H2,1-3H3,(H,31,32)(H2,33,34,36). The smallest absolute Gasteiger partial charge is 0.323 e. The Bertz CT molecular complexity index is 1310. The Morgan fingerprint density at radius 3 is 2.41 bits per heavy atom. The molecule has 37 heavy (non-hydrogen) atoms. The van der Waals surface area contributed by atoms with Crippen LogP contribution in [0.15, 0.2) is 79.0 Å². The van der Waals surface area contributed by atoms with Crippen LogP contribution in [0.25, 0.3) is 10.9 Å². The number of fused-ring (bicyclic) bond motifs is 1. The molecule has 0 saturated carbocycles. The fraction of sp³-hybridized carbons (Fsp3) is 0.267. The minimum atomic E-state index is -0.261. The van der Waals surface area contributed by atoms with Crippen LogP contribution in [0.2, 0.25) is 0 Å². The number of ether oxygens (including phenoxy) is 1. The number of anilines is 3. The first kappa shape index (κ1) is 26.0. The van der Waals surface area contributed by atoms with E-state index in [-0.39, 0.29) is 6.03 Å². The van der Waals surface area contributed by atoms with Crippen molar-refractivity contribution in [2.24, 2.45) is 0 Å². The lowest BCUT2D eigenvalue weighted by Crippen LogP contribution is -2.19. The second kappa shape index (κ2) is 12.7. The molecule has 0 atom stereocenters. The van der Waals surface area contributed by atoms with Gasteiger partial charge in [-0.3, -0.25) is 4.98 Å². The van der Waals surface area contributed by atoms with Crippen LogP contribution in [0.3, 0.4) is 0 Å². The third-order valence-electron chi connectivity index (χ3n) is 6.01. The molecule has 3 N–H and O–H groups in total. The highest BCUT2D eigenvalue weighted by atomic mass is 16.5. The van der Waals surface area contributed by atoms with Gasteiger partial charge in [0.05, 0.1) is 12.1 Å². The van der Waals surface area contributed by atoms with Gasteiger partial charge in [-0.15, -0.1) is 0 Å². The Hall–Kier alpha value is -4.10. The summed E-state index contributed by atoms with van der Waals surface area (Å²) in [6, 6.07) is 23.2. The molecule has 0 aliphatic carbocycles. The highest BCUT2D eigenvalue weighted by molar-refractivity contribution is 5.99. The van der Waals surface area contributed by atoms with Crippen molar-refractivity contribution in [1.82, 2.24) is 9.88 Å². The predicted octanol–water partition coefficient (Wildman–Crippen LogP) is 6.17. The zero-order valence-corrected chi connectivity index (χ0v) is 21.8. The van der Waals surface area contributed by atoms with Gasteiger partial charge >= 0.3 is 6.03 Å². The molecule has 0 radical (unpaired) electrons. The third kappa shape index (κ3) is 7.69. The first-order valence-corrected chi connectivity index (χ1v) is 12.6. The Kier molecular flexibility index (Phi) is 8.94. The van der Waals surface area contributed by atoms with E-state index in [4.69, 9.17) is 4.74 Å². The van der Waals surface area contributed by atoms with Crippen molar-refractivity contribution in [3.05, 3.63) is 90.1 Å². The molecule has 0 unspecified atom stereocenters. The van der Waals surface area contributed by atoms with E-state index in [0.717, 1.165) is 65.2 Å². The number of pyridine rings is 1. The van der Waals surface area contributed by atoms with Gasteiger partial charge in [0.2, 0.25) is 0 Å². The van der Waals surface area contributed by atoms with Gasteiger partial charge in [0, 0.05) is 47.8 Å². The number of amides is 2. The number of nitrogens with one attached hydrogen (secondary N) is 3. The molecule has 0 spiro atoms. The van der Waals surface area contributed by atoms with Crippen molar-refractivity contribution in [1.29, 1.82) is 0 Å². The largest absolute Gasteiger partial charge is 0.493 e. The number of nitrogens with zero attached hydrogens (tertiary/aromatic N) is 2. The van der Waals surface area contributed by atoms with Gasteiger partial charge in [-0.1, -0.05) is 30.3 Å². The average molecular weight is 498 g/mol. The maximum atomic E-state index is 12.2. The van der Waals surface area contributed by atoms with Crippen molar-refractivity contribution in [3.8, 4) is 5.75 Å². The molecular formula is C30H35N5O2. The molecule has 0 saturated heterocycles. The van der Waals surface area contributed by atoms with E-state index in [0.29, 0.717) is 6.61 Å². The summed E-state index contributed by atoms with van der Waals surface area (Å²) in [5, 5.41) is 10.4. The molecule has 192 valence electrons. The predicted molar refractivity (Wildman–Crippen MR) is 153 cm³/mol. The summed E-state index contributed by atoms with van der Waals surface area (Å²) in [4.78, 5) is 19.0. The van der Waals surface area contributed by atoms with E-state index in [1.807, 2.05) is 72.9 Å². The molecule has 4 rings (SSSR count). The SMILES string of the molecule is Cc1cnc2cc(OCCCN(C)C)ccc2c1NCCc1ccc(NC(=O)Nc2ccccc2)cc1. The highest BCUT2D eigenvalue weighted by Crippen LogP contribution is 2.28. The average Bonchev–Trinajstić information content (AvgIpc) is 2.89. The second-order valence-electron chi connectivity index (χ2n) is 9.32. The van der Waals surface area contributed by atoms with Crippen LogP contribution in [-0.2, 0) is 6.42 Å². The summed E-state index contributed by atoms with van der Waals surface area (Å²) in [5.41, 5.74) is 5.82. The second-order valence-corrected chi connectivity index (χ2v) is 9.32. The van der Waals surface area contributed by atoms with Gasteiger partial charge in [-0.05, 0) is 81.4 Å². The normalized spacial score (nSPS) is 10.9. The molecule has 0 fully saturated rings. The van der Waals surface area contributed by atoms with Crippen LogP contribution in [-0.4, -0.2) is 49.7 Å². The summed E-state index contributed by atoms with van der Waals surface area (Å²) < 4.78 is 5.92. The Morgan fingerprint density at radius 1 is 0.946 bits per heavy atom. The molecule has 7 nitrogen and oxygen atoms in total. The monoisotopic (exact) mass is 497 g/mol. The number of para-hydroxylation sites is 1. The maximum Gasteiger partial charge on any atom is 0.323 e. The molecule has 0 aliphatic rings. The highest BCUT2D eigenvalue weighted by Gasteiger charge is 2.08. The quantitative estimate of drug-likeness (QED) is 0.216. The summed E-state index contributed by atoms with van der Waals surface area (Å²) in [7, 11) is 4.13. The number of urea groups is 1. The summed E-state index contributed by atoms with van der Waals surface area (Å²) in [6.07, 6.45) is 3.74. The van der Waals surface area contributed by atoms with Gasteiger partial charge in [-0.25, -0.2) is 4.79 Å². The van der Waals surface area contributed by atoms with Crippen LogP contribution in [0.4, 0.5) is 21.9 Å².